The smallest absolute Gasteiger partial charge is 0.227 e. The fourth-order valence-corrected chi connectivity index (χ4v) is 2.33. The van der Waals surface area contributed by atoms with E-state index in [0.29, 0.717) is 0 Å². The van der Waals surface area contributed by atoms with Crippen LogP contribution < -0.4 is 0 Å². The average Bonchev–Trinajstić information content (AvgIpc) is 2.59. The fourth-order valence-electron chi connectivity index (χ4n) is 1.50. The largest absolute Gasteiger partial charge is 0.322 e. The average molecular weight is 230 g/mol. The summed E-state index contributed by atoms with van der Waals surface area (Å²) in [5.74, 6) is 0. The third kappa shape index (κ3) is 3.66. The van der Waals surface area contributed by atoms with Crippen molar-refractivity contribution in [2.75, 3.05) is 6.26 Å². The summed E-state index contributed by atoms with van der Waals surface area (Å²) in [6, 6.07) is 0. The van der Waals surface area contributed by atoms with Gasteiger partial charge in [-0.15, -0.1) is 0 Å². The van der Waals surface area contributed by atoms with Crippen LogP contribution in [0.3, 0.4) is 0 Å². The van der Waals surface area contributed by atoms with E-state index < -0.39 is 9.84 Å². The number of aryl methyl sites for hydroxylation is 1. The first-order chi connectivity index (χ1) is 7.05. The Balaban J connectivity index is 2.59. The molecule has 0 aliphatic rings. The van der Waals surface area contributed by atoms with Crippen LogP contribution in [0.25, 0.3) is 0 Å². The van der Waals surface area contributed by atoms with Gasteiger partial charge in [0.15, 0.2) is 0 Å². The number of hydrogen-bond acceptors (Lipinski definition) is 3. The highest BCUT2D eigenvalue weighted by molar-refractivity contribution is 7.90. The molecule has 0 spiro atoms. The van der Waals surface area contributed by atoms with Gasteiger partial charge in [-0.2, -0.15) is 0 Å². The van der Waals surface area contributed by atoms with E-state index in [1.807, 2.05) is 0 Å². The molecule has 0 N–H and O–H groups in total. The van der Waals surface area contributed by atoms with E-state index in [4.69, 9.17) is 0 Å². The maximum absolute atomic E-state index is 11.3. The lowest BCUT2D eigenvalue weighted by Crippen LogP contribution is -2.09. The van der Waals surface area contributed by atoms with Crippen molar-refractivity contribution in [2.45, 2.75) is 44.3 Å². The van der Waals surface area contributed by atoms with Gasteiger partial charge in [-0.05, 0) is 6.42 Å². The molecule has 1 rings (SSSR count). The zero-order valence-corrected chi connectivity index (χ0v) is 10.1. The van der Waals surface area contributed by atoms with Gasteiger partial charge in [0.25, 0.3) is 0 Å². The molecule has 0 fully saturated rings. The molecule has 0 atom stereocenters. The second-order valence-corrected chi connectivity index (χ2v) is 5.65. The predicted octanol–water partition coefficient (Wildman–Crippen LogP) is 1.87. The molecule has 1 aromatic heterocycles. The summed E-state index contributed by atoms with van der Waals surface area (Å²) in [4.78, 5) is 3.86. The number of nitrogens with zero attached hydrogens (tertiary/aromatic N) is 2. The highest BCUT2D eigenvalue weighted by atomic mass is 32.2. The number of hydrogen-bond donors (Lipinski definition) is 0. The van der Waals surface area contributed by atoms with Crippen LogP contribution in [0, 0.1) is 0 Å². The van der Waals surface area contributed by atoms with Gasteiger partial charge in [0, 0.05) is 25.2 Å². The van der Waals surface area contributed by atoms with Crippen LogP contribution in [0.15, 0.2) is 17.6 Å². The van der Waals surface area contributed by atoms with Gasteiger partial charge in [-0.3, -0.25) is 0 Å². The van der Waals surface area contributed by atoms with Crippen molar-refractivity contribution < 1.29 is 8.42 Å². The van der Waals surface area contributed by atoms with E-state index in [9.17, 15) is 8.42 Å². The summed E-state index contributed by atoms with van der Waals surface area (Å²) in [6.07, 6.45) is 8.98. The Labute approximate surface area is 91.3 Å². The van der Waals surface area contributed by atoms with E-state index >= 15 is 0 Å². The minimum absolute atomic E-state index is 0.180. The topological polar surface area (TPSA) is 52.0 Å². The molecule has 1 heterocycles. The monoisotopic (exact) mass is 230 g/mol. The van der Waals surface area contributed by atoms with Crippen LogP contribution in [-0.4, -0.2) is 24.2 Å². The number of sulfone groups is 1. The van der Waals surface area contributed by atoms with E-state index in [0.717, 1.165) is 19.4 Å². The molecule has 1 aromatic rings. The number of aromatic nitrogens is 2. The van der Waals surface area contributed by atoms with Crippen molar-refractivity contribution in [1.82, 2.24) is 9.55 Å². The molecule has 0 unspecified atom stereocenters. The summed E-state index contributed by atoms with van der Waals surface area (Å²) in [6.45, 7) is 2.89. The fraction of sp³-hybridized carbons (Fsp3) is 0.700. The Morgan fingerprint density at radius 2 is 2.07 bits per heavy atom. The first-order valence-electron chi connectivity index (χ1n) is 5.27. The van der Waals surface area contributed by atoms with Crippen LogP contribution in [0.1, 0.15) is 32.6 Å². The van der Waals surface area contributed by atoms with Gasteiger partial charge in [0.1, 0.15) is 0 Å². The highest BCUT2D eigenvalue weighted by Crippen LogP contribution is 2.08. The molecule has 0 aliphatic heterocycles. The minimum atomic E-state index is -3.18. The standard InChI is InChI=1S/C10H18N2O2S/c1-3-4-5-6-8-12-9-7-11-10(12)15(2,13)14/h7,9H,3-6,8H2,1-2H3. The lowest BCUT2D eigenvalue weighted by Gasteiger charge is -2.05. The Morgan fingerprint density at radius 3 is 2.67 bits per heavy atom. The lowest BCUT2D eigenvalue weighted by molar-refractivity contribution is 0.532. The molecule has 0 saturated heterocycles. The maximum atomic E-state index is 11.3. The summed E-state index contributed by atoms with van der Waals surface area (Å²) >= 11 is 0. The quantitative estimate of drug-likeness (QED) is 0.701. The third-order valence-electron chi connectivity index (χ3n) is 2.26. The van der Waals surface area contributed by atoms with Gasteiger partial charge in [0.05, 0.1) is 0 Å². The Kier molecular flexibility index (Phi) is 4.32. The first-order valence-corrected chi connectivity index (χ1v) is 7.16. The lowest BCUT2D eigenvalue weighted by atomic mass is 10.2. The molecule has 0 saturated carbocycles. The van der Waals surface area contributed by atoms with Crippen molar-refractivity contribution in [3.8, 4) is 0 Å². The van der Waals surface area contributed by atoms with Gasteiger partial charge in [0.2, 0.25) is 15.0 Å². The van der Waals surface area contributed by atoms with E-state index in [1.165, 1.54) is 25.3 Å². The molecule has 0 amide bonds. The summed E-state index contributed by atoms with van der Waals surface area (Å²) in [5, 5.41) is 0.180. The number of imidazole rings is 1. The molecule has 0 aromatic carbocycles. The van der Waals surface area contributed by atoms with Gasteiger partial charge in [-0.1, -0.05) is 26.2 Å². The molecular weight excluding hydrogens is 212 g/mol. The Bertz CT molecular complexity index is 395. The molecule has 0 bridgehead atoms. The van der Waals surface area contributed by atoms with Crippen LogP contribution in [0.4, 0.5) is 0 Å². The van der Waals surface area contributed by atoms with Crippen molar-refractivity contribution >= 4 is 9.84 Å². The minimum Gasteiger partial charge on any atom is -0.322 e. The molecule has 0 aliphatic carbocycles. The summed E-state index contributed by atoms with van der Waals surface area (Å²) in [7, 11) is -3.18. The number of unbranched alkanes of at least 4 members (excludes halogenated alkanes) is 3. The molecule has 5 heteroatoms. The van der Waals surface area contributed by atoms with Crippen molar-refractivity contribution in [1.29, 1.82) is 0 Å². The molecule has 86 valence electrons. The Morgan fingerprint density at radius 1 is 1.33 bits per heavy atom. The van der Waals surface area contributed by atoms with Crippen LogP contribution in [0.5, 0.6) is 0 Å². The highest BCUT2D eigenvalue weighted by Gasteiger charge is 2.13. The van der Waals surface area contributed by atoms with Crippen LogP contribution >= 0.6 is 0 Å². The molecule has 0 radical (unpaired) electrons. The van der Waals surface area contributed by atoms with Crippen LogP contribution in [-0.2, 0) is 16.4 Å². The zero-order chi connectivity index (χ0) is 11.3. The number of rotatable bonds is 6. The van der Waals surface area contributed by atoms with Gasteiger partial charge in [-0.25, -0.2) is 13.4 Å². The van der Waals surface area contributed by atoms with Crippen molar-refractivity contribution in [2.24, 2.45) is 0 Å². The zero-order valence-electron chi connectivity index (χ0n) is 9.31. The Hall–Kier alpha value is -0.840. The van der Waals surface area contributed by atoms with Crippen molar-refractivity contribution in [3.05, 3.63) is 12.4 Å². The normalized spacial score (nSPS) is 11.9. The predicted molar refractivity (Wildman–Crippen MR) is 59.5 cm³/mol. The van der Waals surface area contributed by atoms with E-state index in [-0.39, 0.29) is 5.16 Å². The summed E-state index contributed by atoms with van der Waals surface area (Å²) < 4.78 is 24.4. The maximum Gasteiger partial charge on any atom is 0.227 e. The second kappa shape index (κ2) is 5.30. The van der Waals surface area contributed by atoms with Crippen LogP contribution in [0.2, 0.25) is 0 Å². The van der Waals surface area contributed by atoms with E-state index in [1.54, 1.807) is 10.8 Å². The molecule has 4 nitrogen and oxygen atoms in total. The summed E-state index contributed by atoms with van der Waals surface area (Å²) in [5.41, 5.74) is 0. The van der Waals surface area contributed by atoms with Crippen molar-refractivity contribution in [3.63, 3.8) is 0 Å². The van der Waals surface area contributed by atoms with E-state index in [2.05, 4.69) is 11.9 Å². The second-order valence-electron chi connectivity index (χ2n) is 3.74. The molecular formula is C10H18N2O2S. The molecule has 15 heavy (non-hydrogen) atoms. The SMILES string of the molecule is CCCCCCn1ccnc1S(C)(=O)=O. The third-order valence-corrected chi connectivity index (χ3v) is 3.26. The van der Waals surface area contributed by atoms with Gasteiger partial charge >= 0.3 is 0 Å². The van der Waals surface area contributed by atoms with Gasteiger partial charge < -0.3 is 4.57 Å². The first kappa shape index (κ1) is 12.2.